The van der Waals surface area contributed by atoms with E-state index in [2.05, 4.69) is 6.92 Å². The van der Waals surface area contributed by atoms with E-state index < -0.39 is 0 Å². The maximum Gasteiger partial charge on any atom is 0.283 e. The number of aromatic nitrogens is 1. The van der Waals surface area contributed by atoms with Crippen LogP contribution in [-0.4, -0.2) is 9.94 Å². The number of pyridine rings is 1. The van der Waals surface area contributed by atoms with Gasteiger partial charge in [0.25, 0.3) is 5.56 Å². The van der Waals surface area contributed by atoms with Crippen LogP contribution in [0.5, 0.6) is 0 Å². The molecule has 0 aliphatic carbocycles. The zero-order chi connectivity index (χ0) is 16.2. The van der Waals surface area contributed by atoms with Gasteiger partial charge in [0.05, 0.1) is 5.69 Å². The maximum absolute atomic E-state index is 11.5. The van der Waals surface area contributed by atoms with E-state index in [1.54, 1.807) is 0 Å². The minimum Gasteiger partial charge on any atom is -0.425 e. The fourth-order valence-electron chi connectivity index (χ4n) is 2.91. The summed E-state index contributed by atoms with van der Waals surface area (Å²) in [5.74, 6) is 0. The predicted molar refractivity (Wildman–Crippen MR) is 92.8 cm³/mol. The minimum absolute atomic E-state index is 0.321. The lowest BCUT2D eigenvalue weighted by molar-refractivity contribution is 0.164. The highest BCUT2D eigenvalue weighted by molar-refractivity contribution is 5.15. The van der Waals surface area contributed by atoms with Gasteiger partial charge in [0.2, 0.25) is 0 Å². The first-order chi connectivity index (χ1) is 10.6. The van der Waals surface area contributed by atoms with Gasteiger partial charge in [-0.25, -0.2) is 0 Å². The number of aryl methyl sites for hydroxylation is 2. The number of nitrogens with zero attached hydrogens (tertiary/aromatic N) is 1. The molecule has 0 fully saturated rings. The van der Waals surface area contributed by atoms with Crippen molar-refractivity contribution in [1.82, 2.24) is 4.73 Å². The molecular weight excluding hydrogens is 274 g/mol. The third-order valence-corrected chi connectivity index (χ3v) is 4.26. The normalized spacial score (nSPS) is 11.0. The van der Waals surface area contributed by atoms with Crippen molar-refractivity contribution in [2.24, 2.45) is 0 Å². The highest BCUT2D eigenvalue weighted by Crippen LogP contribution is 2.12. The molecule has 0 saturated heterocycles. The van der Waals surface area contributed by atoms with Gasteiger partial charge in [-0.3, -0.25) is 4.79 Å². The molecule has 3 nitrogen and oxygen atoms in total. The number of hydrogen-bond donors (Lipinski definition) is 1. The van der Waals surface area contributed by atoms with Crippen molar-refractivity contribution in [3.05, 3.63) is 33.7 Å². The Morgan fingerprint density at radius 1 is 0.864 bits per heavy atom. The van der Waals surface area contributed by atoms with Crippen LogP contribution in [0.4, 0.5) is 0 Å². The van der Waals surface area contributed by atoms with Gasteiger partial charge in [-0.1, -0.05) is 71.1 Å². The van der Waals surface area contributed by atoms with Gasteiger partial charge in [0.1, 0.15) is 0 Å². The van der Waals surface area contributed by atoms with Crippen LogP contribution >= 0.6 is 0 Å². The summed E-state index contributed by atoms with van der Waals surface area (Å²) < 4.78 is 0.795. The SMILES string of the molecule is CCCCCCCCCCCCCc1cc(C)cc(=O)n1O. The van der Waals surface area contributed by atoms with E-state index in [1.807, 2.05) is 13.0 Å². The zero-order valence-electron chi connectivity index (χ0n) is 14.4. The molecule has 0 aliphatic heterocycles. The molecule has 1 N–H and O–H groups in total. The summed E-state index contributed by atoms with van der Waals surface area (Å²) in [6, 6.07) is 3.36. The first kappa shape index (κ1) is 18.8. The monoisotopic (exact) mass is 307 g/mol. The quantitative estimate of drug-likeness (QED) is 0.423. The molecule has 0 unspecified atom stereocenters. The summed E-state index contributed by atoms with van der Waals surface area (Å²) in [6.07, 6.45) is 15.2. The molecule has 1 heterocycles. The van der Waals surface area contributed by atoms with Gasteiger partial charge >= 0.3 is 0 Å². The summed E-state index contributed by atoms with van der Waals surface area (Å²) in [5, 5.41) is 9.69. The lowest BCUT2D eigenvalue weighted by atomic mass is 10.0. The molecule has 0 bridgehead atoms. The summed E-state index contributed by atoms with van der Waals surface area (Å²) in [6.45, 7) is 4.15. The van der Waals surface area contributed by atoms with Crippen LogP contribution < -0.4 is 5.56 Å². The van der Waals surface area contributed by atoms with Crippen molar-refractivity contribution in [3.63, 3.8) is 0 Å². The molecule has 0 spiro atoms. The minimum atomic E-state index is -0.321. The zero-order valence-corrected chi connectivity index (χ0v) is 14.4. The Bertz CT molecular complexity index is 465. The molecule has 0 radical (unpaired) electrons. The Balaban J connectivity index is 2.03. The maximum atomic E-state index is 11.5. The second-order valence-corrected chi connectivity index (χ2v) is 6.46. The van der Waals surface area contributed by atoms with Crippen LogP contribution in [0.3, 0.4) is 0 Å². The van der Waals surface area contributed by atoms with Crippen molar-refractivity contribution in [2.75, 3.05) is 0 Å². The van der Waals surface area contributed by atoms with Crippen LogP contribution in [-0.2, 0) is 6.42 Å². The van der Waals surface area contributed by atoms with E-state index in [9.17, 15) is 10.0 Å². The van der Waals surface area contributed by atoms with Gasteiger partial charge in [-0.2, -0.15) is 4.73 Å². The molecule has 22 heavy (non-hydrogen) atoms. The van der Waals surface area contributed by atoms with E-state index in [0.29, 0.717) is 0 Å². The van der Waals surface area contributed by atoms with Crippen molar-refractivity contribution in [2.45, 2.75) is 90.9 Å². The predicted octanol–water partition coefficient (Wildman–Crippen LogP) is 5.25. The van der Waals surface area contributed by atoms with Gasteiger partial charge in [-0.05, 0) is 31.4 Å². The first-order valence-electron chi connectivity index (χ1n) is 9.07. The third kappa shape index (κ3) is 7.67. The molecule has 0 atom stereocenters. The van der Waals surface area contributed by atoms with Crippen LogP contribution in [0, 0.1) is 6.92 Å². The van der Waals surface area contributed by atoms with Crippen LogP contribution in [0.15, 0.2) is 16.9 Å². The Labute approximate surface area is 135 Å². The van der Waals surface area contributed by atoms with Crippen LogP contribution in [0.25, 0.3) is 0 Å². The Hall–Kier alpha value is -1.25. The summed E-state index contributed by atoms with van der Waals surface area (Å²) >= 11 is 0. The van der Waals surface area contributed by atoms with Gasteiger partial charge in [0.15, 0.2) is 0 Å². The van der Waals surface area contributed by atoms with Crippen molar-refractivity contribution < 1.29 is 5.21 Å². The van der Waals surface area contributed by atoms with Crippen molar-refractivity contribution in [3.8, 4) is 0 Å². The summed E-state index contributed by atoms with van der Waals surface area (Å²) in [7, 11) is 0. The highest BCUT2D eigenvalue weighted by atomic mass is 16.5. The Kier molecular flexibility index (Phi) is 9.69. The van der Waals surface area contributed by atoms with Gasteiger partial charge < -0.3 is 5.21 Å². The standard InChI is InChI=1S/C19H33NO2/c1-3-4-5-6-7-8-9-10-11-12-13-14-18-15-17(2)16-19(21)20(18)22/h15-16,22H,3-14H2,1-2H3. The van der Waals surface area contributed by atoms with Gasteiger partial charge in [0, 0.05) is 6.07 Å². The average molecular weight is 307 g/mol. The smallest absolute Gasteiger partial charge is 0.283 e. The molecule has 3 heteroatoms. The number of rotatable bonds is 12. The van der Waals surface area contributed by atoms with Crippen LogP contribution in [0.1, 0.15) is 88.8 Å². The molecule has 126 valence electrons. The topological polar surface area (TPSA) is 42.2 Å². The summed E-state index contributed by atoms with van der Waals surface area (Å²) in [5.41, 5.74) is 1.34. The molecular formula is C19H33NO2. The largest absolute Gasteiger partial charge is 0.425 e. The number of unbranched alkanes of at least 4 members (excludes halogenated alkanes) is 10. The number of hydrogen-bond acceptors (Lipinski definition) is 2. The van der Waals surface area contributed by atoms with E-state index in [4.69, 9.17) is 0 Å². The second kappa shape index (κ2) is 11.3. The van der Waals surface area contributed by atoms with E-state index >= 15 is 0 Å². The molecule has 1 aromatic rings. The molecule has 0 aromatic carbocycles. The molecule has 0 aliphatic rings. The summed E-state index contributed by atoms with van der Waals surface area (Å²) in [4.78, 5) is 11.5. The average Bonchev–Trinajstić information content (AvgIpc) is 2.49. The first-order valence-corrected chi connectivity index (χ1v) is 9.07. The van der Waals surface area contributed by atoms with E-state index in [-0.39, 0.29) is 5.56 Å². The highest BCUT2D eigenvalue weighted by Gasteiger charge is 2.03. The Morgan fingerprint density at radius 2 is 1.36 bits per heavy atom. The van der Waals surface area contributed by atoms with E-state index in [0.717, 1.165) is 28.8 Å². The Morgan fingerprint density at radius 3 is 1.91 bits per heavy atom. The van der Waals surface area contributed by atoms with Crippen LogP contribution in [0.2, 0.25) is 0 Å². The van der Waals surface area contributed by atoms with E-state index in [1.165, 1.54) is 70.3 Å². The third-order valence-electron chi connectivity index (χ3n) is 4.26. The second-order valence-electron chi connectivity index (χ2n) is 6.46. The van der Waals surface area contributed by atoms with Gasteiger partial charge in [-0.15, -0.1) is 0 Å². The van der Waals surface area contributed by atoms with Crippen molar-refractivity contribution in [1.29, 1.82) is 0 Å². The fourth-order valence-corrected chi connectivity index (χ4v) is 2.91. The molecule has 1 aromatic heterocycles. The molecule has 0 saturated carbocycles. The van der Waals surface area contributed by atoms with Crippen molar-refractivity contribution >= 4 is 0 Å². The lowest BCUT2D eigenvalue weighted by Gasteiger charge is -2.07. The lowest BCUT2D eigenvalue weighted by Crippen LogP contribution is -2.20. The molecule has 0 amide bonds. The fraction of sp³-hybridized carbons (Fsp3) is 0.737. The molecule has 1 rings (SSSR count).